The van der Waals surface area contributed by atoms with Gasteiger partial charge in [-0.2, -0.15) is 10.2 Å². The molecule has 0 unspecified atom stereocenters. The minimum atomic E-state index is -0.428. The fraction of sp³-hybridized carbons (Fsp3) is 0.400. The zero-order chi connectivity index (χ0) is 21.3. The average Bonchev–Trinajstić information content (AvgIpc) is 3.50. The number of amides is 2. The van der Waals surface area contributed by atoms with Crippen LogP contribution >= 0.6 is 0 Å². The molecule has 3 aromatic rings. The molecule has 10 heteroatoms. The molecule has 0 atom stereocenters. The monoisotopic (exact) mass is 411 g/mol. The molecule has 2 N–H and O–H groups in total. The number of nitrogens with zero attached hydrogens (tertiary/aromatic N) is 5. The van der Waals surface area contributed by atoms with Crippen LogP contribution in [0.3, 0.4) is 0 Å². The molecule has 1 saturated heterocycles. The molecule has 10 nitrogen and oxygen atoms in total. The van der Waals surface area contributed by atoms with Crippen LogP contribution in [0.4, 0.5) is 11.4 Å². The molecule has 4 rings (SSSR count). The lowest BCUT2D eigenvalue weighted by molar-refractivity contribution is 0.0993. The maximum Gasteiger partial charge on any atom is 0.291 e. The summed E-state index contributed by atoms with van der Waals surface area (Å²) < 4.78 is 8.79. The van der Waals surface area contributed by atoms with Gasteiger partial charge >= 0.3 is 0 Å². The van der Waals surface area contributed by atoms with Gasteiger partial charge in [0.15, 0.2) is 5.76 Å². The predicted octanol–water partition coefficient (Wildman–Crippen LogP) is 2.16. The Morgan fingerprint density at radius 2 is 1.67 bits per heavy atom. The Morgan fingerprint density at radius 1 is 1.00 bits per heavy atom. The molecule has 0 radical (unpaired) electrons. The molecule has 1 aliphatic rings. The fourth-order valence-electron chi connectivity index (χ4n) is 3.53. The Morgan fingerprint density at radius 3 is 2.37 bits per heavy atom. The van der Waals surface area contributed by atoms with E-state index in [9.17, 15) is 9.59 Å². The molecular formula is C20H25N7O3. The Labute approximate surface area is 173 Å². The standard InChI is InChI=1S/C20H25N7O3/c1-13-15(10-21-25(13)2)23-20(29)18-16(11-22-26(18)3)24-19(28)17-7-6-14(30-17)12-27-8-4-5-9-27/h6-7,10-11H,4-5,8-9,12H2,1-3H3,(H,23,29)(H,24,28). The normalized spacial score (nSPS) is 14.2. The van der Waals surface area contributed by atoms with Gasteiger partial charge < -0.3 is 15.1 Å². The van der Waals surface area contributed by atoms with E-state index >= 15 is 0 Å². The summed E-state index contributed by atoms with van der Waals surface area (Å²) in [5.74, 6) is 0.124. The highest BCUT2D eigenvalue weighted by Crippen LogP contribution is 2.20. The van der Waals surface area contributed by atoms with Crippen LogP contribution in [0.1, 0.15) is 45.3 Å². The molecular weight excluding hydrogens is 386 g/mol. The highest BCUT2D eigenvalue weighted by atomic mass is 16.4. The molecule has 1 fully saturated rings. The van der Waals surface area contributed by atoms with Gasteiger partial charge in [-0.1, -0.05) is 0 Å². The van der Waals surface area contributed by atoms with Crippen LogP contribution in [0.5, 0.6) is 0 Å². The summed E-state index contributed by atoms with van der Waals surface area (Å²) in [6, 6.07) is 3.46. The quantitative estimate of drug-likeness (QED) is 0.643. The third-order valence-electron chi connectivity index (χ3n) is 5.35. The van der Waals surface area contributed by atoms with E-state index in [0.29, 0.717) is 17.9 Å². The summed E-state index contributed by atoms with van der Waals surface area (Å²) in [4.78, 5) is 27.8. The lowest BCUT2D eigenvalue weighted by Crippen LogP contribution is -2.20. The van der Waals surface area contributed by atoms with E-state index in [1.165, 1.54) is 23.7 Å². The van der Waals surface area contributed by atoms with Crippen molar-refractivity contribution in [2.75, 3.05) is 23.7 Å². The predicted molar refractivity (Wildman–Crippen MR) is 110 cm³/mol. The number of anilines is 2. The van der Waals surface area contributed by atoms with Crippen LogP contribution in [0.15, 0.2) is 28.9 Å². The number of carbonyl (C=O) groups is 2. The number of hydrogen-bond acceptors (Lipinski definition) is 6. The number of hydrogen-bond donors (Lipinski definition) is 2. The first-order chi connectivity index (χ1) is 14.4. The molecule has 30 heavy (non-hydrogen) atoms. The third kappa shape index (κ3) is 3.99. The van der Waals surface area contributed by atoms with Crippen LogP contribution in [0, 0.1) is 6.92 Å². The highest BCUT2D eigenvalue weighted by Gasteiger charge is 2.22. The van der Waals surface area contributed by atoms with Crippen LogP contribution in [-0.4, -0.2) is 49.4 Å². The number of nitrogens with one attached hydrogen (secondary N) is 2. The summed E-state index contributed by atoms with van der Waals surface area (Å²) in [6.07, 6.45) is 5.40. The summed E-state index contributed by atoms with van der Waals surface area (Å²) in [5.41, 5.74) is 1.95. The number of aromatic nitrogens is 4. The van der Waals surface area contributed by atoms with E-state index in [2.05, 4.69) is 25.7 Å². The van der Waals surface area contributed by atoms with Crippen molar-refractivity contribution in [3.63, 3.8) is 0 Å². The minimum absolute atomic E-state index is 0.197. The summed E-state index contributed by atoms with van der Waals surface area (Å²) in [7, 11) is 3.43. The summed E-state index contributed by atoms with van der Waals surface area (Å²) >= 11 is 0. The van der Waals surface area contributed by atoms with Crippen molar-refractivity contribution in [2.24, 2.45) is 14.1 Å². The van der Waals surface area contributed by atoms with Crippen LogP contribution in [0.2, 0.25) is 0 Å². The van der Waals surface area contributed by atoms with Gasteiger partial charge in [-0.3, -0.25) is 23.9 Å². The fourth-order valence-corrected chi connectivity index (χ4v) is 3.53. The van der Waals surface area contributed by atoms with Crippen molar-refractivity contribution in [1.82, 2.24) is 24.5 Å². The van der Waals surface area contributed by atoms with E-state index < -0.39 is 11.8 Å². The smallest absolute Gasteiger partial charge is 0.291 e. The van der Waals surface area contributed by atoms with Crippen LogP contribution in [0.25, 0.3) is 0 Å². The molecule has 158 valence electrons. The maximum atomic E-state index is 12.8. The van der Waals surface area contributed by atoms with Crippen molar-refractivity contribution in [2.45, 2.75) is 26.3 Å². The average molecular weight is 411 g/mol. The molecule has 0 bridgehead atoms. The van der Waals surface area contributed by atoms with Crippen molar-refractivity contribution in [3.8, 4) is 0 Å². The number of aryl methyl sites for hydroxylation is 2. The van der Waals surface area contributed by atoms with Crippen molar-refractivity contribution < 1.29 is 14.0 Å². The zero-order valence-corrected chi connectivity index (χ0v) is 17.3. The van der Waals surface area contributed by atoms with Gasteiger partial charge in [0.2, 0.25) is 0 Å². The van der Waals surface area contributed by atoms with Gasteiger partial charge in [0, 0.05) is 14.1 Å². The zero-order valence-electron chi connectivity index (χ0n) is 17.3. The first kappa shape index (κ1) is 19.9. The molecule has 2 amide bonds. The SMILES string of the molecule is Cc1c(NC(=O)c2c(NC(=O)c3ccc(CN4CCCC4)o3)cnn2C)cnn1C. The molecule has 1 aliphatic heterocycles. The number of rotatable bonds is 6. The molecule has 4 heterocycles. The second-order valence-corrected chi connectivity index (χ2v) is 7.46. The number of likely N-dealkylation sites (tertiary alicyclic amines) is 1. The third-order valence-corrected chi connectivity index (χ3v) is 5.35. The molecule has 0 aliphatic carbocycles. The first-order valence-corrected chi connectivity index (χ1v) is 9.86. The number of carbonyl (C=O) groups excluding carboxylic acids is 2. The lowest BCUT2D eigenvalue weighted by atomic mass is 10.3. The molecule has 3 aromatic heterocycles. The van der Waals surface area contributed by atoms with E-state index in [-0.39, 0.29) is 11.5 Å². The second kappa shape index (κ2) is 8.15. The minimum Gasteiger partial charge on any atom is -0.455 e. The summed E-state index contributed by atoms with van der Waals surface area (Å²) in [5, 5.41) is 13.8. The van der Waals surface area contributed by atoms with Gasteiger partial charge in [0.05, 0.1) is 36.0 Å². The van der Waals surface area contributed by atoms with Gasteiger partial charge in [-0.25, -0.2) is 0 Å². The molecule has 0 spiro atoms. The van der Waals surface area contributed by atoms with Crippen molar-refractivity contribution in [3.05, 3.63) is 47.4 Å². The van der Waals surface area contributed by atoms with Gasteiger partial charge in [-0.15, -0.1) is 0 Å². The summed E-state index contributed by atoms with van der Waals surface area (Å²) in [6.45, 7) is 4.64. The van der Waals surface area contributed by atoms with Gasteiger partial charge in [0.1, 0.15) is 11.5 Å². The van der Waals surface area contributed by atoms with Crippen molar-refractivity contribution in [1.29, 1.82) is 0 Å². The lowest BCUT2D eigenvalue weighted by Gasteiger charge is -2.11. The van der Waals surface area contributed by atoms with Gasteiger partial charge in [-0.05, 0) is 45.0 Å². The highest BCUT2D eigenvalue weighted by molar-refractivity contribution is 6.11. The Kier molecular flexibility index (Phi) is 5.40. The van der Waals surface area contributed by atoms with Gasteiger partial charge in [0.25, 0.3) is 11.8 Å². The molecule has 0 saturated carbocycles. The molecule has 0 aromatic carbocycles. The first-order valence-electron chi connectivity index (χ1n) is 9.86. The Balaban J connectivity index is 1.46. The largest absolute Gasteiger partial charge is 0.455 e. The Hall–Kier alpha value is -3.40. The van der Waals surface area contributed by atoms with E-state index in [4.69, 9.17) is 4.42 Å². The van der Waals surface area contributed by atoms with E-state index in [1.807, 2.05) is 13.0 Å². The topological polar surface area (TPSA) is 110 Å². The number of furan rings is 1. The second-order valence-electron chi connectivity index (χ2n) is 7.46. The maximum absolute atomic E-state index is 12.8. The van der Waals surface area contributed by atoms with Crippen LogP contribution < -0.4 is 10.6 Å². The van der Waals surface area contributed by atoms with E-state index in [1.54, 1.807) is 31.0 Å². The Bertz CT molecular complexity index is 1070. The van der Waals surface area contributed by atoms with Crippen molar-refractivity contribution >= 4 is 23.2 Å². The van der Waals surface area contributed by atoms with E-state index in [0.717, 1.165) is 24.5 Å². The van der Waals surface area contributed by atoms with Crippen LogP contribution in [-0.2, 0) is 20.6 Å².